The van der Waals surface area contributed by atoms with E-state index < -0.39 is 0 Å². The van der Waals surface area contributed by atoms with Gasteiger partial charge in [-0.1, -0.05) is 35.0 Å². The minimum absolute atomic E-state index is 0.0326. The van der Waals surface area contributed by atoms with E-state index in [0.717, 1.165) is 24.9 Å². The maximum Gasteiger partial charge on any atom is 0.259 e. The Bertz CT molecular complexity index is 962. The van der Waals surface area contributed by atoms with Crippen LogP contribution in [0.4, 0.5) is 0 Å². The van der Waals surface area contributed by atoms with Crippen LogP contribution < -0.4 is 5.73 Å². The third-order valence-corrected chi connectivity index (χ3v) is 4.94. The number of amides is 1. The summed E-state index contributed by atoms with van der Waals surface area (Å²) in [5, 5.41) is 4.70. The Kier molecular flexibility index (Phi) is 4.20. The van der Waals surface area contributed by atoms with Crippen LogP contribution in [-0.2, 0) is 0 Å². The van der Waals surface area contributed by atoms with E-state index in [-0.39, 0.29) is 11.9 Å². The number of aromatic nitrogens is 2. The summed E-state index contributed by atoms with van der Waals surface area (Å²) >= 11 is 0. The van der Waals surface area contributed by atoms with Crippen molar-refractivity contribution in [3.63, 3.8) is 0 Å². The van der Waals surface area contributed by atoms with Crippen molar-refractivity contribution in [3.8, 4) is 11.3 Å². The zero-order valence-corrected chi connectivity index (χ0v) is 15.0. The first-order valence-corrected chi connectivity index (χ1v) is 8.92. The van der Waals surface area contributed by atoms with Gasteiger partial charge < -0.3 is 15.2 Å². The van der Waals surface area contributed by atoms with Crippen LogP contribution in [0, 0.1) is 13.8 Å². The Labute approximate surface area is 152 Å². The molecule has 1 atom stereocenters. The second-order valence-electron chi connectivity index (χ2n) is 7.02. The topological polar surface area (TPSA) is 85.2 Å². The van der Waals surface area contributed by atoms with E-state index in [2.05, 4.69) is 10.1 Å². The number of benzene rings is 1. The number of pyridine rings is 1. The van der Waals surface area contributed by atoms with Crippen LogP contribution in [0.25, 0.3) is 22.4 Å². The second-order valence-corrected chi connectivity index (χ2v) is 7.02. The summed E-state index contributed by atoms with van der Waals surface area (Å²) < 4.78 is 5.38. The molecule has 3 aromatic rings. The molecule has 0 bridgehead atoms. The molecule has 6 nitrogen and oxygen atoms in total. The third-order valence-electron chi connectivity index (χ3n) is 4.94. The molecule has 1 fully saturated rings. The number of carbonyl (C=O) groups is 1. The number of nitrogens with two attached hydrogens (primary N) is 1. The highest BCUT2D eigenvalue weighted by Crippen LogP contribution is 2.28. The Morgan fingerprint density at radius 3 is 2.77 bits per heavy atom. The average Bonchev–Trinajstić information content (AvgIpc) is 3.02. The molecule has 134 valence electrons. The lowest BCUT2D eigenvalue weighted by molar-refractivity contribution is 0.0710. The summed E-state index contributed by atoms with van der Waals surface area (Å²) in [5.41, 5.74) is 10.5. The van der Waals surface area contributed by atoms with Gasteiger partial charge in [0.25, 0.3) is 11.6 Å². The van der Waals surface area contributed by atoms with Crippen LogP contribution in [0.5, 0.6) is 0 Å². The molecule has 3 heterocycles. The number of nitrogens with zero attached hydrogens (tertiary/aromatic N) is 3. The van der Waals surface area contributed by atoms with E-state index in [1.807, 2.05) is 49.1 Å². The number of fused-ring (bicyclic) bond motifs is 1. The van der Waals surface area contributed by atoms with Gasteiger partial charge in [0.1, 0.15) is 0 Å². The van der Waals surface area contributed by atoms with Gasteiger partial charge in [0.15, 0.2) is 0 Å². The highest BCUT2D eigenvalue weighted by atomic mass is 16.5. The first-order chi connectivity index (χ1) is 12.5. The van der Waals surface area contributed by atoms with Crippen molar-refractivity contribution in [2.24, 2.45) is 5.73 Å². The molecule has 2 N–H and O–H groups in total. The van der Waals surface area contributed by atoms with Crippen molar-refractivity contribution in [2.45, 2.75) is 32.7 Å². The van der Waals surface area contributed by atoms with Gasteiger partial charge in [-0.2, -0.15) is 0 Å². The standard InChI is InChI=1S/C20H22N4O2/c1-12-5-7-14(8-6-12)17-10-16(18-13(2)23-26-19(18)22-17)20(25)24-9-3-4-15(21)11-24/h5-8,10,15H,3-4,9,11,21H2,1-2H3. The van der Waals surface area contributed by atoms with Gasteiger partial charge in [0.05, 0.1) is 22.3 Å². The predicted molar refractivity (Wildman–Crippen MR) is 99.8 cm³/mol. The van der Waals surface area contributed by atoms with Gasteiger partial charge in [0, 0.05) is 24.7 Å². The number of piperidine rings is 1. The van der Waals surface area contributed by atoms with Crippen molar-refractivity contribution in [3.05, 3.63) is 47.2 Å². The third kappa shape index (κ3) is 2.97. The summed E-state index contributed by atoms with van der Waals surface area (Å²) in [5.74, 6) is -0.0350. The molecular formula is C20H22N4O2. The smallest absolute Gasteiger partial charge is 0.259 e. The Balaban J connectivity index is 1.82. The van der Waals surface area contributed by atoms with Gasteiger partial charge in [-0.05, 0) is 32.8 Å². The lowest BCUT2D eigenvalue weighted by Gasteiger charge is -2.31. The van der Waals surface area contributed by atoms with E-state index >= 15 is 0 Å². The molecule has 0 aliphatic carbocycles. The number of hydrogen-bond donors (Lipinski definition) is 1. The quantitative estimate of drug-likeness (QED) is 0.768. The maximum atomic E-state index is 13.2. The molecular weight excluding hydrogens is 328 g/mol. The number of carbonyl (C=O) groups excluding carboxylic acids is 1. The molecule has 1 aromatic carbocycles. The van der Waals surface area contributed by atoms with E-state index in [9.17, 15) is 4.79 Å². The molecule has 0 saturated carbocycles. The SMILES string of the molecule is Cc1ccc(-c2cc(C(=O)N3CCCC(N)C3)c3c(C)noc3n2)cc1. The highest BCUT2D eigenvalue weighted by molar-refractivity contribution is 6.07. The lowest BCUT2D eigenvalue weighted by Crippen LogP contribution is -2.45. The molecule has 2 aromatic heterocycles. The Morgan fingerprint density at radius 1 is 1.27 bits per heavy atom. The second kappa shape index (κ2) is 6.53. The van der Waals surface area contributed by atoms with Gasteiger partial charge >= 0.3 is 0 Å². The van der Waals surface area contributed by atoms with Crippen LogP contribution >= 0.6 is 0 Å². The summed E-state index contributed by atoms with van der Waals surface area (Å²) in [6.45, 7) is 5.17. The molecule has 1 aliphatic heterocycles. The van der Waals surface area contributed by atoms with Crippen LogP contribution in [0.2, 0.25) is 0 Å². The largest absolute Gasteiger partial charge is 0.337 e. The number of aryl methyl sites for hydroxylation is 2. The van der Waals surface area contributed by atoms with E-state index in [1.54, 1.807) is 0 Å². The molecule has 26 heavy (non-hydrogen) atoms. The molecule has 0 radical (unpaired) electrons. The number of hydrogen-bond acceptors (Lipinski definition) is 5. The highest BCUT2D eigenvalue weighted by Gasteiger charge is 2.26. The van der Waals surface area contributed by atoms with E-state index in [0.29, 0.717) is 34.6 Å². The summed E-state index contributed by atoms with van der Waals surface area (Å²) in [6.07, 6.45) is 1.88. The Morgan fingerprint density at radius 2 is 2.04 bits per heavy atom. The molecule has 1 amide bonds. The first-order valence-electron chi connectivity index (χ1n) is 8.92. The zero-order chi connectivity index (χ0) is 18.3. The van der Waals surface area contributed by atoms with Gasteiger partial charge in [-0.25, -0.2) is 4.98 Å². The monoisotopic (exact) mass is 350 g/mol. The van der Waals surface area contributed by atoms with Gasteiger partial charge in [-0.3, -0.25) is 4.79 Å². The molecule has 1 saturated heterocycles. The number of rotatable bonds is 2. The fraction of sp³-hybridized carbons (Fsp3) is 0.350. The summed E-state index contributed by atoms with van der Waals surface area (Å²) in [6, 6.07) is 9.93. The maximum absolute atomic E-state index is 13.2. The predicted octanol–water partition coefficient (Wildman–Crippen LogP) is 3.07. The van der Waals surface area contributed by atoms with Crippen LogP contribution in [-0.4, -0.2) is 40.1 Å². The van der Waals surface area contributed by atoms with Crippen LogP contribution in [0.3, 0.4) is 0 Å². The average molecular weight is 350 g/mol. The first kappa shape index (κ1) is 16.7. The molecule has 4 rings (SSSR count). The summed E-state index contributed by atoms with van der Waals surface area (Å²) in [4.78, 5) is 19.6. The number of likely N-dealkylation sites (tertiary alicyclic amines) is 1. The van der Waals surface area contributed by atoms with Crippen LogP contribution in [0.1, 0.15) is 34.5 Å². The van der Waals surface area contributed by atoms with Crippen molar-refractivity contribution in [2.75, 3.05) is 13.1 Å². The lowest BCUT2D eigenvalue weighted by atomic mass is 10.0. The van der Waals surface area contributed by atoms with Crippen molar-refractivity contribution in [1.29, 1.82) is 0 Å². The van der Waals surface area contributed by atoms with Gasteiger partial charge in [-0.15, -0.1) is 0 Å². The van der Waals surface area contributed by atoms with Crippen molar-refractivity contribution in [1.82, 2.24) is 15.0 Å². The molecule has 0 spiro atoms. The molecule has 6 heteroatoms. The normalized spacial score (nSPS) is 17.7. The van der Waals surface area contributed by atoms with E-state index in [4.69, 9.17) is 10.3 Å². The minimum Gasteiger partial charge on any atom is -0.337 e. The fourth-order valence-corrected chi connectivity index (χ4v) is 3.50. The van der Waals surface area contributed by atoms with E-state index in [1.165, 1.54) is 5.56 Å². The minimum atomic E-state index is -0.0350. The molecule has 1 aliphatic rings. The Hall–Kier alpha value is -2.73. The van der Waals surface area contributed by atoms with Gasteiger partial charge in [0.2, 0.25) is 0 Å². The van der Waals surface area contributed by atoms with Crippen molar-refractivity contribution < 1.29 is 9.32 Å². The summed E-state index contributed by atoms with van der Waals surface area (Å²) in [7, 11) is 0. The molecule has 1 unspecified atom stereocenters. The zero-order valence-electron chi connectivity index (χ0n) is 15.0. The van der Waals surface area contributed by atoms with Crippen molar-refractivity contribution >= 4 is 17.0 Å². The van der Waals surface area contributed by atoms with Crippen LogP contribution in [0.15, 0.2) is 34.9 Å². The fourth-order valence-electron chi connectivity index (χ4n) is 3.50.